The topological polar surface area (TPSA) is 74.9 Å². The minimum absolute atomic E-state index is 0.152. The van der Waals surface area contributed by atoms with E-state index in [0.29, 0.717) is 31.6 Å². The summed E-state index contributed by atoms with van der Waals surface area (Å²) < 4.78 is 1.81. The number of nitrogens with zero attached hydrogens (tertiary/aromatic N) is 3. The number of aliphatic carboxylic acids is 1. The van der Waals surface area contributed by atoms with Gasteiger partial charge in [-0.3, -0.25) is 9.59 Å². The van der Waals surface area contributed by atoms with Crippen molar-refractivity contribution in [3.63, 3.8) is 0 Å². The Balaban J connectivity index is 1.55. The number of likely N-dealkylation sites (tertiary alicyclic amines) is 1. The van der Waals surface area contributed by atoms with E-state index >= 15 is 0 Å². The van der Waals surface area contributed by atoms with Crippen molar-refractivity contribution < 1.29 is 14.7 Å². The lowest BCUT2D eigenvalue weighted by molar-refractivity contribution is -0.145. The summed E-state index contributed by atoms with van der Waals surface area (Å²) in [5, 5.41) is 9.86. The molecular weight excluding hydrogens is 330 g/mol. The van der Waals surface area contributed by atoms with Crippen LogP contribution in [0.2, 0.25) is 0 Å². The Hall–Kier alpha value is -3.15. The number of benzene rings is 1. The molecule has 0 spiro atoms. The fourth-order valence-electron chi connectivity index (χ4n) is 3.67. The number of hydrogen-bond donors (Lipinski definition) is 1. The molecule has 6 heteroatoms. The number of carboxylic acid groups (broad SMARTS) is 1. The zero-order chi connectivity index (χ0) is 18.1. The molecule has 3 aromatic rings. The van der Waals surface area contributed by atoms with E-state index in [0.717, 1.165) is 11.2 Å². The fraction of sp³-hybridized carbons (Fsp3) is 0.250. The molecule has 0 aliphatic carbocycles. The van der Waals surface area contributed by atoms with Crippen LogP contribution in [0.1, 0.15) is 28.9 Å². The third-order valence-corrected chi connectivity index (χ3v) is 5.22. The number of aromatic nitrogens is 2. The van der Waals surface area contributed by atoms with Crippen LogP contribution in [0.25, 0.3) is 5.65 Å². The molecule has 0 radical (unpaired) electrons. The van der Waals surface area contributed by atoms with Crippen LogP contribution < -0.4 is 0 Å². The zero-order valence-electron chi connectivity index (χ0n) is 14.2. The Morgan fingerprint density at radius 3 is 2.35 bits per heavy atom. The summed E-state index contributed by atoms with van der Waals surface area (Å²) in [7, 11) is 0. The van der Waals surface area contributed by atoms with Gasteiger partial charge in [-0.05, 0) is 30.5 Å². The van der Waals surface area contributed by atoms with E-state index in [1.54, 1.807) is 11.1 Å². The summed E-state index contributed by atoms with van der Waals surface area (Å²) in [6.07, 6.45) is 4.35. The van der Waals surface area contributed by atoms with Crippen LogP contribution in [0.15, 0.2) is 60.9 Å². The maximum atomic E-state index is 12.8. The molecule has 0 bridgehead atoms. The van der Waals surface area contributed by atoms with Crippen LogP contribution in [0, 0.1) is 0 Å². The van der Waals surface area contributed by atoms with Crippen LogP contribution in [0.4, 0.5) is 0 Å². The lowest BCUT2D eigenvalue weighted by atomic mass is 9.73. The van der Waals surface area contributed by atoms with Gasteiger partial charge in [-0.2, -0.15) is 0 Å². The third-order valence-electron chi connectivity index (χ3n) is 5.22. The average molecular weight is 349 g/mol. The maximum absolute atomic E-state index is 12.8. The smallest absolute Gasteiger partial charge is 0.314 e. The number of amides is 1. The molecular formula is C20H19N3O3. The Morgan fingerprint density at radius 1 is 1.00 bits per heavy atom. The largest absolute Gasteiger partial charge is 0.481 e. The molecule has 1 fully saturated rings. The predicted molar refractivity (Wildman–Crippen MR) is 96.1 cm³/mol. The summed E-state index contributed by atoms with van der Waals surface area (Å²) in [5.74, 6) is -0.982. The predicted octanol–water partition coefficient (Wildman–Crippen LogP) is 2.59. The number of carboxylic acids is 1. The molecule has 1 N–H and O–H groups in total. The van der Waals surface area contributed by atoms with Crippen LogP contribution in [0.3, 0.4) is 0 Å². The van der Waals surface area contributed by atoms with Gasteiger partial charge in [0.15, 0.2) is 0 Å². The highest BCUT2D eigenvalue weighted by Gasteiger charge is 2.44. The fourth-order valence-corrected chi connectivity index (χ4v) is 3.67. The second kappa shape index (κ2) is 6.29. The van der Waals surface area contributed by atoms with Gasteiger partial charge in [0.1, 0.15) is 11.3 Å². The minimum atomic E-state index is -0.934. The van der Waals surface area contributed by atoms with E-state index in [9.17, 15) is 14.7 Å². The molecule has 4 rings (SSSR count). The quantitative estimate of drug-likeness (QED) is 0.789. The number of rotatable bonds is 3. The van der Waals surface area contributed by atoms with Crippen LogP contribution in [-0.4, -0.2) is 44.4 Å². The Kier molecular flexibility index (Phi) is 3.95. The van der Waals surface area contributed by atoms with Gasteiger partial charge in [-0.1, -0.05) is 36.4 Å². The second-order valence-electron chi connectivity index (χ2n) is 6.64. The van der Waals surface area contributed by atoms with Crippen LogP contribution in [-0.2, 0) is 10.2 Å². The summed E-state index contributed by atoms with van der Waals surface area (Å²) in [5.41, 5.74) is 0.972. The van der Waals surface area contributed by atoms with Gasteiger partial charge in [-0.15, -0.1) is 0 Å². The Bertz CT molecular complexity index is 924. The zero-order valence-corrected chi connectivity index (χ0v) is 14.2. The number of pyridine rings is 1. The van der Waals surface area contributed by atoms with E-state index in [-0.39, 0.29) is 5.91 Å². The molecule has 26 heavy (non-hydrogen) atoms. The van der Waals surface area contributed by atoms with Crippen molar-refractivity contribution in [1.29, 1.82) is 0 Å². The molecule has 0 atom stereocenters. The van der Waals surface area contributed by atoms with Gasteiger partial charge >= 0.3 is 5.97 Å². The Morgan fingerprint density at radius 2 is 1.69 bits per heavy atom. The molecule has 1 amide bonds. The lowest BCUT2D eigenvalue weighted by Gasteiger charge is -2.39. The van der Waals surface area contributed by atoms with E-state index < -0.39 is 11.4 Å². The van der Waals surface area contributed by atoms with Crippen molar-refractivity contribution in [2.45, 2.75) is 18.3 Å². The summed E-state index contributed by atoms with van der Waals surface area (Å²) in [6.45, 7) is 0.793. The van der Waals surface area contributed by atoms with E-state index in [2.05, 4.69) is 4.98 Å². The van der Waals surface area contributed by atoms with Crippen molar-refractivity contribution in [2.24, 2.45) is 0 Å². The van der Waals surface area contributed by atoms with Gasteiger partial charge in [0.05, 0.1) is 5.41 Å². The highest BCUT2D eigenvalue weighted by Crippen LogP contribution is 2.36. The molecule has 1 aromatic carbocycles. The third kappa shape index (κ3) is 2.63. The van der Waals surface area contributed by atoms with E-state index in [4.69, 9.17) is 0 Å². The molecule has 1 saturated heterocycles. The molecule has 3 heterocycles. The van der Waals surface area contributed by atoms with Gasteiger partial charge < -0.3 is 14.4 Å². The number of imidazole rings is 1. The normalized spacial score (nSPS) is 16.5. The number of carbonyl (C=O) groups excluding carboxylic acids is 1. The lowest BCUT2D eigenvalue weighted by Crippen LogP contribution is -2.49. The average Bonchev–Trinajstić information content (AvgIpc) is 3.12. The first-order valence-corrected chi connectivity index (χ1v) is 8.62. The molecule has 1 aliphatic rings. The second-order valence-corrected chi connectivity index (χ2v) is 6.64. The van der Waals surface area contributed by atoms with Gasteiger partial charge in [0.2, 0.25) is 0 Å². The highest BCUT2D eigenvalue weighted by molar-refractivity contribution is 5.93. The van der Waals surface area contributed by atoms with Crippen molar-refractivity contribution in [1.82, 2.24) is 14.3 Å². The highest BCUT2D eigenvalue weighted by atomic mass is 16.4. The number of piperidine rings is 1. The van der Waals surface area contributed by atoms with Crippen molar-refractivity contribution in [2.75, 3.05) is 13.1 Å². The monoisotopic (exact) mass is 349 g/mol. The minimum Gasteiger partial charge on any atom is -0.481 e. The van der Waals surface area contributed by atoms with Gasteiger partial charge in [0.25, 0.3) is 5.91 Å². The first-order valence-electron chi connectivity index (χ1n) is 8.62. The standard InChI is InChI=1S/C20H19N3O3/c24-18(16-14-23-11-5-4-8-17(23)21-16)22-12-9-20(10-13-22,19(25)26)15-6-2-1-3-7-15/h1-8,11,14H,9-10,12-13H2,(H,25,26). The molecule has 6 nitrogen and oxygen atoms in total. The summed E-state index contributed by atoms with van der Waals surface area (Å²) in [4.78, 5) is 30.9. The first kappa shape index (κ1) is 16.3. The summed E-state index contributed by atoms with van der Waals surface area (Å²) >= 11 is 0. The van der Waals surface area contributed by atoms with E-state index in [1.165, 1.54) is 0 Å². The Labute approximate surface area is 150 Å². The maximum Gasteiger partial charge on any atom is 0.314 e. The van der Waals surface area contributed by atoms with Crippen molar-refractivity contribution in [3.8, 4) is 0 Å². The SMILES string of the molecule is O=C(c1cn2ccccc2n1)N1CCC(C(=O)O)(c2ccccc2)CC1. The number of carbonyl (C=O) groups is 2. The first-order chi connectivity index (χ1) is 12.6. The number of fused-ring (bicyclic) bond motifs is 1. The molecule has 132 valence electrons. The van der Waals surface area contributed by atoms with Gasteiger partial charge in [0, 0.05) is 25.5 Å². The molecule has 0 saturated carbocycles. The van der Waals surface area contributed by atoms with Crippen molar-refractivity contribution >= 4 is 17.5 Å². The van der Waals surface area contributed by atoms with Crippen LogP contribution >= 0.6 is 0 Å². The molecule has 2 aromatic heterocycles. The summed E-state index contributed by atoms with van der Waals surface area (Å²) in [6, 6.07) is 14.9. The van der Waals surface area contributed by atoms with Crippen molar-refractivity contribution in [3.05, 3.63) is 72.2 Å². The molecule has 1 aliphatic heterocycles. The van der Waals surface area contributed by atoms with Gasteiger partial charge in [-0.25, -0.2) is 4.98 Å². The number of hydrogen-bond acceptors (Lipinski definition) is 3. The van der Waals surface area contributed by atoms with E-state index in [1.807, 2.05) is 59.1 Å². The van der Waals surface area contributed by atoms with Crippen LogP contribution in [0.5, 0.6) is 0 Å². The molecule has 0 unspecified atom stereocenters.